The van der Waals surface area contributed by atoms with Crippen LogP contribution in [0.4, 0.5) is 0 Å². The quantitative estimate of drug-likeness (QED) is 0.660. The SMILES string of the molecule is CCC1NN=C(c2[nH]c(C)c(C(=O)c3cccc(OCCN)c3)c2C)O1. The van der Waals surface area contributed by atoms with Gasteiger partial charge in [-0.05, 0) is 31.5 Å². The molecule has 7 heteroatoms. The Balaban J connectivity index is 1.89. The lowest BCUT2D eigenvalue weighted by atomic mass is 9.99. The maximum absolute atomic E-state index is 13.1. The van der Waals surface area contributed by atoms with E-state index in [4.69, 9.17) is 15.2 Å². The van der Waals surface area contributed by atoms with Gasteiger partial charge < -0.3 is 20.2 Å². The minimum absolute atomic E-state index is 0.0701. The first-order chi connectivity index (χ1) is 12.5. The molecular formula is C19H24N4O3. The van der Waals surface area contributed by atoms with Crippen molar-refractivity contribution in [3.05, 3.63) is 52.3 Å². The molecule has 26 heavy (non-hydrogen) atoms. The Morgan fingerprint density at radius 1 is 1.38 bits per heavy atom. The molecule has 1 aromatic heterocycles. The van der Waals surface area contributed by atoms with Crippen LogP contribution in [0, 0.1) is 13.8 Å². The van der Waals surface area contributed by atoms with Gasteiger partial charge in [-0.3, -0.25) is 10.2 Å². The number of benzene rings is 1. The van der Waals surface area contributed by atoms with Crippen molar-refractivity contribution >= 4 is 11.7 Å². The molecule has 2 aromatic rings. The zero-order valence-corrected chi connectivity index (χ0v) is 15.3. The van der Waals surface area contributed by atoms with E-state index in [2.05, 4.69) is 15.5 Å². The third-order valence-electron chi connectivity index (χ3n) is 4.30. The van der Waals surface area contributed by atoms with Crippen LogP contribution in [-0.2, 0) is 4.74 Å². The highest BCUT2D eigenvalue weighted by atomic mass is 16.5. The van der Waals surface area contributed by atoms with Gasteiger partial charge in [0.25, 0.3) is 5.90 Å². The fourth-order valence-corrected chi connectivity index (χ4v) is 2.96. The van der Waals surface area contributed by atoms with Crippen LogP contribution in [0.3, 0.4) is 0 Å². The van der Waals surface area contributed by atoms with Crippen LogP contribution in [0.15, 0.2) is 29.4 Å². The topological polar surface area (TPSA) is 102 Å². The standard InChI is InChI=1S/C19H24N4O3/c1-4-15-22-23-19(26-15)17-11(2)16(12(3)21-17)18(24)13-6-5-7-14(10-13)25-9-8-20/h5-7,10,15,21-22H,4,8-9,20H2,1-3H3. The number of ether oxygens (including phenoxy) is 2. The van der Waals surface area contributed by atoms with Gasteiger partial charge in [-0.25, -0.2) is 0 Å². The summed E-state index contributed by atoms with van der Waals surface area (Å²) in [6.07, 6.45) is 0.663. The van der Waals surface area contributed by atoms with Crippen LogP contribution in [-0.4, -0.2) is 36.0 Å². The summed E-state index contributed by atoms with van der Waals surface area (Å²) in [6, 6.07) is 7.13. The van der Waals surface area contributed by atoms with Crippen LogP contribution < -0.4 is 15.9 Å². The molecule has 0 amide bonds. The number of hydrogen-bond acceptors (Lipinski definition) is 6. The molecule has 0 saturated carbocycles. The second kappa shape index (κ2) is 7.61. The smallest absolute Gasteiger partial charge is 0.256 e. The van der Waals surface area contributed by atoms with Gasteiger partial charge in [0.15, 0.2) is 12.0 Å². The van der Waals surface area contributed by atoms with Gasteiger partial charge in [0.1, 0.15) is 18.1 Å². The highest BCUT2D eigenvalue weighted by molar-refractivity contribution is 6.12. The predicted octanol–water partition coefficient (Wildman–Crippen LogP) is 2.22. The molecular weight excluding hydrogens is 332 g/mol. The third kappa shape index (κ3) is 3.43. The lowest BCUT2D eigenvalue weighted by Crippen LogP contribution is -2.20. The first kappa shape index (κ1) is 18.0. The monoisotopic (exact) mass is 356 g/mol. The number of carbonyl (C=O) groups excluding carboxylic acids is 1. The number of ketones is 1. The Hall–Kier alpha value is -2.80. The molecule has 138 valence electrons. The largest absolute Gasteiger partial charge is 0.492 e. The number of nitrogens with zero attached hydrogens (tertiary/aromatic N) is 1. The minimum Gasteiger partial charge on any atom is -0.492 e. The van der Waals surface area contributed by atoms with Crippen LogP contribution in [0.1, 0.15) is 46.2 Å². The molecule has 1 aromatic carbocycles. The van der Waals surface area contributed by atoms with E-state index < -0.39 is 0 Å². The average molecular weight is 356 g/mol. The normalized spacial score (nSPS) is 16.0. The van der Waals surface area contributed by atoms with E-state index in [9.17, 15) is 4.79 Å². The summed E-state index contributed by atoms with van der Waals surface area (Å²) < 4.78 is 11.3. The molecule has 3 rings (SSSR count). The molecule has 1 aliphatic heterocycles. The summed E-state index contributed by atoms with van der Waals surface area (Å²) in [7, 11) is 0. The van der Waals surface area contributed by atoms with E-state index in [-0.39, 0.29) is 12.0 Å². The molecule has 1 atom stereocenters. The van der Waals surface area contributed by atoms with E-state index in [1.165, 1.54) is 0 Å². The van der Waals surface area contributed by atoms with E-state index in [1.54, 1.807) is 18.2 Å². The van der Waals surface area contributed by atoms with E-state index in [1.807, 2.05) is 26.8 Å². The van der Waals surface area contributed by atoms with Gasteiger partial charge >= 0.3 is 0 Å². The number of nitrogens with one attached hydrogen (secondary N) is 2. The Morgan fingerprint density at radius 2 is 2.19 bits per heavy atom. The van der Waals surface area contributed by atoms with Crippen LogP contribution >= 0.6 is 0 Å². The highest BCUT2D eigenvalue weighted by Crippen LogP contribution is 2.25. The molecule has 0 bridgehead atoms. The maximum atomic E-state index is 13.1. The van der Waals surface area contributed by atoms with Crippen molar-refractivity contribution in [1.29, 1.82) is 0 Å². The maximum Gasteiger partial charge on any atom is 0.256 e. The Labute approximate surface area is 152 Å². The molecule has 0 aliphatic carbocycles. The molecule has 4 N–H and O–H groups in total. The second-order valence-corrected chi connectivity index (χ2v) is 6.18. The number of hydrogen-bond donors (Lipinski definition) is 3. The van der Waals surface area contributed by atoms with Crippen molar-refractivity contribution in [2.75, 3.05) is 13.2 Å². The molecule has 0 spiro atoms. The van der Waals surface area contributed by atoms with Crippen LogP contribution in [0.25, 0.3) is 0 Å². The first-order valence-corrected chi connectivity index (χ1v) is 8.72. The van der Waals surface area contributed by atoms with Gasteiger partial charge in [-0.15, -0.1) is 5.10 Å². The van der Waals surface area contributed by atoms with Crippen molar-refractivity contribution in [3.63, 3.8) is 0 Å². The molecule has 0 radical (unpaired) electrons. The van der Waals surface area contributed by atoms with Crippen molar-refractivity contribution in [1.82, 2.24) is 10.4 Å². The van der Waals surface area contributed by atoms with E-state index in [0.717, 1.165) is 23.4 Å². The number of H-pyrrole nitrogens is 1. The van der Waals surface area contributed by atoms with E-state index in [0.29, 0.717) is 35.9 Å². The number of carbonyl (C=O) groups is 1. The lowest BCUT2D eigenvalue weighted by molar-refractivity contribution is 0.103. The van der Waals surface area contributed by atoms with Crippen molar-refractivity contribution in [3.8, 4) is 5.75 Å². The van der Waals surface area contributed by atoms with Gasteiger partial charge in [0.2, 0.25) is 0 Å². The number of aromatic amines is 1. The fraction of sp³-hybridized carbons (Fsp3) is 0.368. The molecule has 0 fully saturated rings. The zero-order valence-electron chi connectivity index (χ0n) is 15.3. The lowest BCUT2D eigenvalue weighted by Gasteiger charge is -2.08. The average Bonchev–Trinajstić information content (AvgIpc) is 3.24. The summed E-state index contributed by atoms with van der Waals surface area (Å²) in [4.78, 5) is 16.3. The Morgan fingerprint density at radius 3 is 2.88 bits per heavy atom. The summed E-state index contributed by atoms with van der Waals surface area (Å²) in [5.74, 6) is 1.04. The summed E-state index contributed by atoms with van der Waals surface area (Å²) in [6.45, 7) is 6.61. The number of aryl methyl sites for hydroxylation is 1. The Bertz CT molecular complexity index is 841. The van der Waals surface area contributed by atoms with Gasteiger partial charge in [0, 0.05) is 29.8 Å². The number of hydrazone groups is 1. The minimum atomic E-state index is -0.136. The molecule has 7 nitrogen and oxygen atoms in total. The predicted molar refractivity (Wildman–Crippen MR) is 99.5 cm³/mol. The Kier molecular flexibility index (Phi) is 5.27. The molecule has 1 aliphatic rings. The summed E-state index contributed by atoms with van der Waals surface area (Å²) >= 11 is 0. The van der Waals surface area contributed by atoms with Crippen LogP contribution in [0.5, 0.6) is 5.75 Å². The summed E-state index contributed by atoms with van der Waals surface area (Å²) in [5, 5.41) is 4.22. The zero-order chi connectivity index (χ0) is 18.7. The number of aromatic nitrogens is 1. The fourth-order valence-electron chi connectivity index (χ4n) is 2.96. The van der Waals surface area contributed by atoms with Crippen molar-refractivity contribution in [2.24, 2.45) is 10.8 Å². The third-order valence-corrected chi connectivity index (χ3v) is 4.30. The van der Waals surface area contributed by atoms with Crippen molar-refractivity contribution < 1.29 is 14.3 Å². The molecule has 1 unspecified atom stereocenters. The summed E-state index contributed by atoms with van der Waals surface area (Å²) in [5.41, 5.74) is 11.9. The second-order valence-electron chi connectivity index (χ2n) is 6.18. The van der Waals surface area contributed by atoms with Crippen molar-refractivity contribution in [2.45, 2.75) is 33.4 Å². The van der Waals surface area contributed by atoms with Gasteiger partial charge in [-0.2, -0.15) is 0 Å². The van der Waals surface area contributed by atoms with E-state index >= 15 is 0 Å². The first-order valence-electron chi connectivity index (χ1n) is 8.72. The highest BCUT2D eigenvalue weighted by Gasteiger charge is 2.26. The van der Waals surface area contributed by atoms with Crippen LogP contribution in [0.2, 0.25) is 0 Å². The number of nitrogens with two attached hydrogens (primary N) is 1. The van der Waals surface area contributed by atoms with Gasteiger partial charge in [-0.1, -0.05) is 19.1 Å². The number of rotatable bonds is 7. The molecule has 0 saturated heterocycles. The molecule has 2 heterocycles. The van der Waals surface area contributed by atoms with Gasteiger partial charge in [0.05, 0.1) is 0 Å².